The van der Waals surface area contributed by atoms with E-state index in [1.54, 1.807) is 30.3 Å². The summed E-state index contributed by atoms with van der Waals surface area (Å²) < 4.78 is 5.32. The lowest BCUT2D eigenvalue weighted by molar-refractivity contribution is 0.0302. The van der Waals surface area contributed by atoms with Gasteiger partial charge in [-0.1, -0.05) is 0 Å². The van der Waals surface area contributed by atoms with Crippen molar-refractivity contribution in [3.63, 3.8) is 0 Å². The molecule has 1 heterocycles. The first kappa shape index (κ1) is 23.9. The van der Waals surface area contributed by atoms with Crippen molar-refractivity contribution in [2.75, 3.05) is 34.2 Å². The second kappa shape index (κ2) is 10.8. The van der Waals surface area contributed by atoms with Crippen LogP contribution in [0.15, 0.2) is 10.4 Å². The Morgan fingerprint density at radius 2 is 2.00 bits per heavy atom. The maximum atomic E-state index is 11.9. The number of aliphatic imine (C=N–C) groups is 1. The minimum absolute atomic E-state index is 0. The molecule has 7 nitrogen and oxygen atoms in total. The summed E-state index contributed by atoms with van der Waals surface area (Å²) in [7, 11) is 5.42. The number of nitrogens with one attached hydrogen (secondary N) is 1. The molecule has 0 bridgehead atoms. The number of hydrogen-bond acceptors (Lipinski definition) is 5. The average molecular weight is 483 g/mol. The first-order valence-corrected chi connectivity index (χ1v) is 8.77. The summed E-state index contributed by atoms with van der Waals surface area (Å²) >= 11 is 1.64. The van der Waals surface area contributed by atoms with Gasteiger partial charge in [-0.3, -0.25) is 4.99 Å². The van der Waals surface area contributed by atoms with Gasteiger partial charge in [-0.2, -0.15) is 0 Å². The highest BCUT2D eigenvalue weighted by molar-refractivity contribution is 14.0. The molecule has 1 N–H and O–H groups in total. The van der Waals surface area contributed by atoms with Crippen LogP contribution < -0.4 is 5.32 Å². The quantitative estimate of drug-likeness (QED) is 0.396. The predicted octanol–water partition coefficient (Wildman–Crippen LogP) is 2.94. The van der Waals surface area contributed by atoms with Gasteiger partial charge in [0.15, 0.2) is 5.96 Å². The summed E-state index contributed by atoms with van der Waals surface area (Å²) in [6.45, 7) is 9.36. The van der Waals surface area contributed by atoms with Crippen molar-refractivity contribution in [1.29, 1.82) is 0 Å². The van der Waals surface area contributed by atoms with Gasteiger partial charge in [-0.05, 0) is 27.7 Å². The lowest BCUT2D eigenvalue weighted by Crippen LogP contribution is -2.43. The molecule has 0 aliphatic rings. The van der Waals surface area contributed by atoms with E-state index in [2.05, 4.69) is 20.7 Å². The number of amides is 1. The number of ether oxygens (including phenoxy) is 1. The van der Waals surface area contributed by atoms with Gasteiger partial charge in [0.25, 0.3) is 0 Å². The van der Waals surface area contributed by atoms with Crippen molar-refractivity contribution < 1.29 is 9.53 Å². The van der Waals surface area contributed by atoms with Crippen LogP contribution in [0.2, 0.25) is 0 Å². The maximum absolute atomic E-state index is 11.9. The molecule has 0 fully saturated rings. The molecular weight excluding hydrogens is 453 g/mol. The fourth-order valence-electron chi connectivity index (χ4n) is 1.95. The molecule has 9 heteroatoms. The van der Waals surface area contributed by atoms with Gasteiger partial charge in [0.05, 0.1) is 17.2 Å². The second-order valence-corrected chi connectivity index (χ2v) is 7.65. The third-order valence-corrected chi connectivity index (χ3v) is 3.90. The Balaban J connectivity index is 0.00000576. The number of likely N-dealkylation sites (N-methyl/N-ethyl adjacent to an activating group) is 1. The van der Waals surface area contributed by atoms with Crippen molar-refractivity contribution in [3.8, 4) is 0 Å². The second-order valence-electron chi connectivity index (χ2n) is 6.59. The van der Waals surface area contributed by atoms with E-state index in [9.17, 15) is 4.79 Å². The number of rotatable bonds is 5. The van der Waals surface area contributed by atoms with Crippen molar-refractivity contribution in [2.24, 2.45) is 4.99 Å². The number of carbonyl (C=O) groups is 1. The molecule has 1 rings (SSSR count). The third kappa shape index (κ3) is 9.24. The molecule has 0 aromatic carbocycles. The number of halogens is 1. The van der Waals surface area contributed by atoms with Crippen LogP contribution in [0.25, 0.3) is 0 Å². The van der Waals surface area contributed by atoms with E-state index >= 15 is 0 Å². The van der Waals surface area contributed by atoms with E-state index in [1.807, 2.05) is 39.6 Å². The van der Waals surface area contributed by atoms with Gasteiger partial charge >= 0.3 is 6.09 Å². The molecule has 0 saturated carbocycles. The van der Waals surface area contributed by atoms with E-state index in [0.717, 1.165) is 16.7 Å². The highest BCUT2D eigenvalue weighted by Crippen LogP contribution is 2.10. The van der Waals surface area contributed by atoms with Crippen LogP contribution in [0.5, 0.6) is 0 Å². The number of guanidine groups is 1. The zero-order chi connectivity index (χ0) is 18.3. The van der Waals surface area contributed by atoms with Gasteiger partial charge in [0, 0.05) is 39.6 Å². The van der Waals surface area contributed by atoms with Crippen LogP contribution in [0, 0.1) is 6.92 Å². The Bertz CT molecular complexity index is 571. The van der Waals surface area contributed by atoms with Crippen molar-refractivity contribution in [2.45, 2.75) is 39.8 Å². The maximum Gasteiger partial charge on any atom is 0.410 e. The lowest BCUT2D eigenvalue weighted by Gasteiger charge is -2.26. The molecule has 0 radical (unpaired) electrons. The van der Waals surface area contributed by atoms with Gasteiger partial charge in [-0.25, -0.2) is 9.78 Å². The fraction of sp³-hybridized carbons (Fsp3) is 0.688. The Kier molecular flexibility index (Phi) is 10.3. The standard InChI is InChI=1S/C16H29N5O2S.HI/c1-12-19-13(11-24-12)10-21(7)14(17-5)18-8-9-20(6)15(22)23-16(2,3)4;/h11H,8-10H2,1-7H3,(H,17,18);1H. The molecule has 0 aliphatic carbocycles. The van der Waals surface area contributed by atoms with Crippen molar-refractivity contribution in [1.82, 2.24) is 20.1 Å². The largest absolute Gasteiger partial charge is 0.444 e. The van der Waals surface area contributed by atoms with E-state index in [-0.39, 0.29) is 30.1 Å². The summed E-state index contributed by atoms with van der Waals surface area (Å²) in [6, 6.07) is 0. The molecule has 1 aromatic heterocycles. The van der Waals surface area contributed by atoms with Gasteiger partial charge in [-0.15, -0.1) is 35.3 Å². The molecule has 0 aliphatic heterocycles. The summed E-state index contributed by atoms with van der Waals surface area (Å²) in [5, 5.41) is 6.35. The van der Waals surface area contributed by atoms with Crippen LogP contribution in [0.3, 0.4) is 0 Å². The highest BCUT2D eigenvalue weighted by Gasteiger charge is 2.19. The molecule has 25 heavy (non-hydrogen) atoms. The topological polar surface area (TPSA) is 70.1 Å². The minimum Gasteiger partial charge on any atom is -0.444 e. The number of aromatic nitrogens is 1. The Hall–Kier alpha value is -1.10. The van der Waals surface area contributed by atoms with Gasteiger partial charge in [0.2, 0.25) is 0 Å². The Morgan fingerprint density at radius 1 is 1.36 bits per heavy atom. The minimum atomic E-state index is -0.485. The fourth-order valence-corrected chi connectivity index (χ4v) is 2.55. The monoisotopic (exact) mass is 483 g/mol. The number of hydrogen-bond donors (Lipinski definition) is 1. The van der Waals surface area contributed by atoms with Crippen LogP contribution >= 0.6 is 35.3 Å². The Morgan fingerprint density at radius 3 is 2.48 bits per heavy atom. The number of nitrogens with zero attached hydrogens (tertiary/aromatic N) is 4. The predicted molar refractivity (Wildman–Crippen MR) is 114 cm³/mol. The van der Waals surface area contributed by atoms with E-state index in [0.29, 0.717) is 19.6 Å². The number of thiazole rings is 1. The first-order chi connectivity index (χ1) is 11.1. The third-order valence-electron chi connectivity index (χ3n) is 3.07. The SMILES string of the molecule is CN=C(NCCN(C)C(=O)OC(C)(C)C)N(C)Cc1csc(C)n1.I. The van der Waals surface area contributed by atoms with Crippen LogP contribution in [0.4, 0.5) is 4.79 Å². The van der Waals surface area contributed by atoms with E-state index in [4.69, 9.17) is 4.74 Å². The zero-order valence-corrected chi connectivity index (χ0v) is 19.3. The van der Waals surface area contributed by atoms with Crippen molar-refractivity contribution >= 4 is 47.4 Å². The lowest BCUT2D eigenvalue weighted by atomic mass is 10.2. The van der Waals surface area contributed by atoms with E-state index < -0.39 is 5.60 Å². The molecule has 0 saturated heterocycles. The van der Waals surface area contributed by atoms with Crippen molar-refractivity contribution in [3.05, 3.63) is 16.1 Å². The molecule has 0 atom stereocenters. The van der Waals surface area contributed by atoms with Crippen LogP contribution in [-0.4, -0.2) is 66.7 Å². The van der Waals surface area contributed by atoms with Crippen LogP contribution in [-0.2, 0) is 11.3 Å². The average Bonchev–Trinajstić information content (AvgIpc) is 2.86. The summed E-state index contributed by atoms with van der Waals surface area (Å²) in [5.74, 6) is 0.762. The molecule has 144 valence electrons. The van der Waals surface area contributed by atoms with Crippen LogP contribution in [0.1, 0.15) is 31.5 Å². The number of aryl methyl sites for hydroxylation is 1. The molecular formula is C16H30IN5O2S. The Labute approximate surface area is 171 Å². The van der Waals surface area contributed by atoms with E-state index in [1.165, 1.54) is 0 Å². The smallest absolute Gasteiger partial charge is 0.410 e. The van der Waals surface area contributed by atoms with Gasteiger partial charge in [0.1, 0.15) is 5.60 Å². The summed E-state index contributed by atoms with van der Waals surface area (Å²) in [4.78, 5) is 24.2. The molecule has 0 spiro atoms. The number of carbonyl (C=O) groups excluding carboxylic acids is 1. The molecule has 0 unspecified atom stereocenters. The highest BCUT2D eigenvalue weighted by atomic mass is 127. The first-order valence-electron chi connectivity index (χ1n) is 7.89. The van der Waals surface area contributed by atoms with Gasteiger partial charge < -0.3 is 19.9 Å². The normalized spacial score (nSPS) is 11.6. The summed E-state index contributed by atoms with van der Waals surface area (Å²) in [5.41, 5.74) is 0.537. The molecule has 1 aromatic rings. The molecule has 1 amide bonds. The zero-order valence-electron chi connectivity index (χ0n) is 16.1. The summed E-state index contributed by atoms with van der Waals surface area (Å²) in [6.07, 6.45) is -0.328.